The van der Waals surface area contributed by atoms with E-state index in [4.69, 9.17) is 9.15 Å². The van der Waals surface area contributed by atoms with Crippen molar-refractivity contribution in [3.8, 4) is 22.9 Å². The Balaban J connectivity index is 1.36. The van der Waals surface area contributed by atoms with Gasteiger partial charge in [0, 0.05) is 17.2 Å². The molecule has 1 aliphatic rings. The van der Waals surface area contributed by atoms with Crippen LogP contribution < -0.4 is 5.32 Å². The minimum atomic E-state index is -3.12. The van der Waals surface area contributed by atoms with Crippen LogP contribution in [0.25, 0.3) is 22.9 Å². The van der Waals surface area contributed by atoms with Crippen LogP contribution in [0.5, 0.6) is 0 Å². The average Bonchev–Trinajstić information content (AvgIpc) is 3.41. The highest BCUT2D eigenvalue weighted by Gasteiger charge is 2.30. The number of aryl methyl sites for hydroxylation is 1. The zero-order valence-electron chi connectivity index (χ0n) is 18.1. The van der Waals surface area contributed by atoms with E-state index in [1.165, 1.54) is 6.92 Å². The van der Waals surface area contributed by atoms with Crippen molar-refractivity contribution in [2.75, 3.05) is 11.5 Å². The third kappa shape index (κ3) is 5.46. The van der Waals surface area contributed by atoms with E-state index in [9.17, 15) is 18.0 Å². The van der Waals surface area contributed by atoms with Crippen molar-refractivity contribution in [1.82, 2.24) is 15.5 Å². The van der Waals surface area contributed by atoms with E-state index >= 15 is 0 Å². The molecule has 33 heavy (non-hydrogen) atoms. The number of sulfone groups is 1. The molecular weight excluding hydrogens is 446 g/mol. The number of carbonyl (C=O) groups excluding carboxylic acids is 2. The molecule has 0 saturated carbocycles. The number of hydrogen-bond acceptors (Lipinski definition) is 8. The second-order valence-electron chi connectivity index (χ2n) is 8.01. The Kier molecular flexibility index (Phi) is 6.28. The maximum Gasteiger partial charge on any atom is 0.338 e. The van der Waals surface area contributed by atoms with Crippen molar-refractivity contribution in [2.24, 2.45) is 0 Å². The fraction of sp³-hybridized carbons (Fsp3) is 0.304. The molecule has 172 valence electrons. The number of nitrogens with one attached hydrogen (secondary N) is 1. The van der Waals surface area contributed by atoms with E-state index in [2.05, 4.69) is 15.5 Å². The SMILES string of the molecule is Cc1ccc(-c2nnc(-c3ccc(C(=O)O[C@H](C)C(=O)N[C@@H]4CCS(=O)(=O)C4)cc3)o2)cc1. The van der Waals surface area contributed by atoms with Crippen LogP contribution in [0.4, 0.5) is 0 Å². The van der Waals surface area contributed by atoms with E-state index in [0.717, 1.165) is 11.1 Å². The average molecular weight is 470 g/mol. The molecule has 10 heteroatoms. The van der Waals surface area contributed by atoms with Gasteiger partial charge in [0.2, 0.25) is 11.8 Å². The molecule has 2 heterocycles. The molecule has 1 aliphatic heterocycles. The topological polar surface area (TPSA) is 128 Å². The third-order valence-electron chi connectivity index (χ3n) is 5.32. The molecule has 2 aromatic carbocycles. The van der Waals surface area contributed by atoms with Crippen LogP contribution in [-0.2, 0) is 19.4 Å². The van der Waals surface area contributed by atoms with Gasteiger partial charge < -0.3 is 14.5 Å². The molecule has 0 spiro atoms. The highest BCUT2D eigenvalue weighted by atomic mass is 32.2. The summed E-state index contributed by atoms with van der Waals surface area (Å²) in [6, 6.07) is 13.6. The van der Waals surface area contributed by atoms with Gasteiger partial charge in [0.1, 0.15) is 0 Å². The molecule has 1 fully saturated rings. The molecule has 3 aromatic rings. The first-order valence-corrected chi connectivity index (χ1v) is 12.2. The highest BCUT2D eigenvalue weighted by molar-refractivity contribution is 7.91. The molecular formula is C23H23N3O6S. The summed E-state index contributed by atoms with van der Waals surface area (Å²) in [5.74, 6) is -0.550. The van der Waals surface area contributed by atoms with Gasteiger partial charge in [-0.3, -0.25) is 4.79 Å². The number of benzene rings is 2. The zero-order chi connectivity index (χ0) is 23.6. The van der Waals surface area contributed by atoms with E-state index in [1.54, 1.807) is 24.3 Å². The molecule has 1 amide bonds. The van der Waals surface area contributed by atoms with Crippen molar-refractivity contribution in [2.45, 2.75) is 32.4 Å². The first-order valence-electron chi connectivity index (χ1n) is 10.4. The predicted molar refractivity (Wildman–Crippen MR) is 120 cm³/mol. The molecule has 0 bridgehead atoms. The van der Waals surface area contributed by atoms with Crippen LogP contribution in [0, 0.1) is 6.92 Å². The normalized spacial score (nSPS) is 17.9. The number of rotatable bonds is 6. The quantitative estimate of drug-likeness (QED) is 0.546. The summed E-state index contributed by atoms with van der Waals surface area (Å²) in [4.78, 5) is 24.7. The summed E-state index contributed by atoms with van der Waals surface area (Å²) in [5, 5.41) is 10.7. The van der Waals surface area contributed by atoms with Gasteiger partial charge in [-0.15, -0.1) is 10.2 Å². The van der Waals surface area contributed by atoms with Crippen LogP contribution >= 0.6 is 0 Å². The lowest BCUT2D eigenvalue weighted by Crippen LogP contribution is -2.42. The fourth-order valence-corrected chi connectivity index (χ4v) is 5.08. The summed E-state index contributed by atoms with van der Waals surface area (Å²) >= 11 is 0. The molecule has 2 atom stereocenters. The van der Waals surface area contributed by atoms with Crippen molar-refractivity contribution < 1.29 is 27.2 Å². The van der Waals surface area contributed by atoms with Crippen LogP contribution in [0.3, 0.4) is 0 Å². The monoisotopic (exact) mass is 469 g/mol. The van der Waals surface area contributed by atoms with Crippen molar-refractivity contribution in [3.63, 3.8) is 0 Å². The Morgan fingerprint density at radius 2 is 1.61 bits per heavy atom. The van der Waals surface area contributed by atoms with Gasteiger partial charge in [-0.2, -0.15) is 0 Å². The molecule has 0 unspecified atom stereocenters. The Hall–Kier alpha value is -3.53. The molecule has 0 aliphatic carbocycles. The summed E-state index contributed by atoms with van der Waals surface area (Å²) in [5.41, 5.74) is 2.81. The molecule has 9 nitrogen and oxygen atoms in total. The number of aromatic nitrogens is 2. The van der Waals surface area contributed by atoms with Gasteiger partial charge in [0.15, 0.2) is 15.9 Å². The number of nitrogens with zero attached hydrogens (tertiary/aromatic N) is 2. The third-order valence-corrected chi connectivity index (χ3v) is 7.09. The largest absolute Gasteiger partial charge is 0.449 e. The lowest BCUT2D eigenvalue weighted by molar-refractivity contribution is -0.129. The first kappa shape index (κ1) is 22.7. The van der Waals surface area contributed by atoms with E-state index in [1.807, 2.05) is 31.2 Å². The van der Waals surface area contributed by atoms with E-state index in [0.29, 0.717) is 23.8 Å². The second kappa shape index (κ2) is 9.14. The first-order chi connectivity index (χ1) is 15.7. The lowest BCUT2D eigenvalue weighted by Gasteiger charge is -2.16. The van der Waals surface area contributed by atoms with E-state index in [-0.39, 0.29) is 17.1 Å². The number of hydrogen-bond donors (Lipinski definition) is 1. The highest BCUT2D eigenvalue weighted by Crippen LogP contribution is 2.24. The molecule has 1 aromatic heterocycles. The lowest BCUT2D eigenvalue weighted by atomic mass is 10.1. The summed E-state index contributed by atoms with van der Waals surface area (Å²) in [7, 11) is -3.12. The Morgan fingerprint density at radius 1 is 1.03 bits per heavy atom. The number of ether oxygens (including phenoxy) is 1. The summed E-state index contributed by atoms with van der Waals surface area (Å²) in [6.45, 7) is 3.43. The van der Waals surface area contributed by atoms with Gasteiger partial charge in [-0.1, -0.05) is 17.7 Å². The number of carbonyl (C=O) groups is 2. The zero-order valence-corrected chi connectivity index (χ0v) is 19.0. The van der Waals surface area contributed by atoms with Gasteiger partial charge in [-0.05, 0) is 56.7 Å². The Bertz CT molecular complexity index is 1270. The van der Waals surface area contributed by atoms with Crippen molar-refractivity contribution >= 4 is 21.7 Å². The van der Waals surface area contributed by atoms with Gasteiger partial charge in [0.05, 0.1) is 17.1 Å². The van der Waals surface area contributed by atoms with Crippen molar-refractivity contribution in [3.05, 3.63) is 59.7 Å². The maximum absolute atomic E-state index is 12.4. The smallest absolute Gasteiger partial charge is 0.338 e. The Morgan fingerprint density at radius 3 is 2.15 bits per heavy atom. The Labute approximate surface area is 191 Å². The number of esters is 1. The van der Waals surface area contributed by atoms with Crippen LogP contribution in [0.1, 0.15) is 29.3 Å². The van der Waals surface area contributed by atoms with Crippen LogP contribution in [-0.4, -0.2) is 54.1 Å². The van der Waals surface area contributed by atoms with Gasteiger partial charge in [-0.25, -0.2) is 13.2 Å². The fourth-order valence-electron chi connectivity index (χ4n) is 3.41. The van der Waals surface area contributed by atoms with E-state index < -0.39 is 33.9 Å². The maximum atomic E-state index is 12.4. The standard InChI is InChI=1S/C23H23N3O6S/c1-14-3-5-16(6-4-14)21-25-26-22(32-21)17-7-9-18(10-8-17)23(28)31-15(2)20(27)24-19-11-12-33(29,30)13-19/h3-10,15,19H,11-13H2,1-2H3,(H,24,27)/t15-,19-/m1/s1. The predicted octanol–water partition coefficient (Wildman–Crippen LogP) is 2.56. The summed E-state index contributed by atoms with van der Waals surface area (Å²) in [6.07, 6.45) is -0.703. The summed E-state index contributed by atoms with van der Waals surface area (Å²) < 4.78 is 34.0. The minimum absolute atomic E-state index is 0.0466. The van der Waals surface area contributed by atoms with Gasteiger partial charge >= 0.3 is 5.97 Å². The number of amides is 1. The molecule has 1 saturated heterocycles. The van der Waals surface area contributed by atoms with Crippen LogP contribution in [0.2, 0.25) is 0 Å². The van der Waals surface area contributed by atoms with Gasteiger partial charge in [0.25, 0.3) is 5.91 Å². The van der Waals surface area contributed by atoms with Crippen molar-refractivity contribution in [1.29, 1.82) is 0 Å². The minimum Gasteiger partial charge on any atom is -0.449 e. The second-order valence-corrected chi connectivity index (χ2v) is 10.2. The van der Waals surface area contributed by atoms with Crippen LogP contribution in [0.15, 0.2) is 52.9 Å². The molecule has 4 rings (SSSR count). The molecule has 1 N–H and O–H groups in total. The molecule has 0 radical (unpaired) electrons.